The highest BCUT2D eigenvalue weighted by molar-refractivity contribution is 5.97. The van der Waals surface area contributed by atoms with Crippen LogP contribution in [0.4, 0.5) is 10.2 Å². The first-order valence-corrected chi connectivity index (χ1v) is 6.70. The molecule has 0 bridgehead atoms. The summed E-state index contributed by atoms with van der Waals surface area (Å²) in [5, 5.41) is 6.11. The lowest BCUT2D eigenvalue weighted by molar-refractivity contribution is -0.124. The largest absolute Gasteiger partial charge is 0.449 e. The van der Waals surface area contributed by atoms with Crippen LogP contribution in [0.3, 0.4) is 0 Å². The molecule has 1 aromatic carbocycles. The molecule has 0 aliphatic heterocycles. The van der Waals surface area contributed by atoms with Gasteiger partial charge in [-0.15, -0.1) is 0 Å². The molecule has 2 rings (SSSR count). The van der Waals surface area contributed by atoms with Crippen LogP contribution >= 0.6 is 0 Å². The third-order valence-corrected chi connectivity index (χ3v) is 2.85. The van der Waals surface area contributed by atoms with Crippen LogP contribution in [0.15, 0.2) is 34.9 Å². The zero-order chi connectivity index (χ0) is 16.1. The second-order valence-corrected chi connectivity index (χ2v) is 4.62. The molecule has 22 heavy (non-hydrogen) atoms. The number of ether oxygens (including phenoxy) is 1. The molecule has 1 amide bonds. The maximum atomic E-state index is 13.1. The summed E-state index contributed by atoms with van der Waals surface area (Å²) in [6, 6.07) is 6.61. The van der Waals surface area contributed by atoms with Crippen molar-refractivity contribution in [1.82, 2.24) is 5.16 Å². The summed E-state index contributed by atoms with van der Waals surface area (Å²) in [5.41, 5.74) is 0.0449. The van der Waals surface area contributed by atoms with E-state index in [1.54, 1.807) is 19.9 Å². The summed E-state index contributed by atoms with van der Waals surface area (Å²) < 4.78 is 23.0. The van der Waals surface area contributed by atoms with Gasteiger partial charge in [-0.1, -0.05) is 18.1 Å². The van der Waals surface area contributed by atoms with Gasteiger partial charge >= 0.3 is 5.97 Å². The third kappa shape index (κ3) is 3.91. The number of nitrogens with zero attached hydrogens (tertiary/aromatic N) is 1. The van der Waals surface area contributed by atoms with Gasteiger partial charge in [0.1, 0.15) is 11.6 Å². The number of rotatable bonds is 5. The van der Waals surface area contributed by atoms with Crippen molar-refractivity contribution in [1.29, 1.82) is 0 Å². The van der Waals surface area contributed by atoms with Gasteiger partial charge in [0.05, 0.1) is 5.56 Å². The molecule has 2 aromatic rings. The first-order valence-electron chi connectivity index (χ1n) is 6.70. The van der Waals surface area contributed by atoms with Crippen LogP contribution in [0.1, 0.15) is 29.5 Å². The lowest BCUT2D eigenvalue weighted by Gasteiger charge is -2.15. The van der Waals surface area contributed by atoms with Gasteiger partial charge in [-0.3, -0.25) is 4.79 Å². The topological polar surface area (TPSA) is 81.4 Å². The van der Waals surface area contributed by atoms with Crippen molar-refractivity contribution in [2.24, 2.45) is 0 Å². The molecule has 0 aliphatic carbocycles. The average molecular weight is 306 g/mol. The lowest BCUT2D eigenvalue weighted by atomic mass is 10.2. The van der Waals surface area contributed by atoms with E-state index in [1.807, 2.05) is 0 Å². The summed E-state index contributed by atoms with van der Waals surface area (Å²) in [5.74, 6) is -1.06. The van der Waals surface area contributed by atoms with Crippen molar-refractivity contribution < 1.29 is 23.2 Å². The minimum atomic E-state index is -1.01. The van der Waals surface area contributed by atoms with E-state index in [-0.39, 0.29) is 17.8 Å². The van der Waals surface area contributed by atoms with E-state index in [9.17, 15) is 14.0 Å². The summed E-state index contributed by atoms with van der Waals surface area (Å²) in [6.45, 7) is 3.38. The predicted molar refractivity (Wildman–Crippen MR) is 75.8 cm³/mol. The van der Waals surface area contributed by atoms with Crippen LogP contribution in [0, 0.1) is 12.7 Å². The number of hydrogen-bond acceptors (Lipinski definition) is 5. The minimum absolute atomic E-state index is 0.0449. The Morgan fingerprint density at radius 1 is 1.41 bits per heavy atom. The van der Waals surface area contributed by atoms with E-state index in [0.29, 0.717) is 5.76 Å². The van der Waals surface area contributed by atoms with Gasteiger partial charge in [-0.05, 0) is 31.5 Å². The van der Waals surface area contributed by atoms with Crippen LogP contribution in [0.25, 0.3) is 0 Å². The van der Waals surface area contributed by atoms with E-state index < -0.39 is 23.8 Å². The van der Waals surface area contributed by atoms with Gasteiger partial charge in [0.25, 0.3) is 5.91 Å². The molecule has 6 nitrogen and oxygen atoms in total. The Balaban J connectivity index is 2.02. The van der Waals surface area contributed by atoms with Crippen LogP contribution in [0.2, 0.25) is 0 Å². The molecule has 0 spiro atoms. The summed E-state index contributed by atoms with van der Waals surface area (Å²) in [4.78, 5) is 24.0. The van der Waals surface area contributed by atoms with E-state index in [2.05, 4.69) is 10.5 Å². The second kappa shape index (κ2) is 6.84. The molecule has 0 radical (unpaired) electrons. The van der Waals surface area contributed by atoms with Crippen molar-refractivity contribution >= 4 is 17.7 Å². The van der Waals surface area contributed by atoms with Crippen molar-refractivity contribution in [2.45, 2.75) is 26.4 Å². The fourth-order valence-electron chi connectivity index (χ4n) is 1.77. The smallest absolute Gasteiger partial charge is 0.339 e. The number of amides is 1. The number of esters is 1. The van der Waals surface area contributed by atoms with Crippen molar-refractivity contribution in [3.63, 3.8) is 0 Å². The zero-order valence-corrected chi connectivity index (χ0v) is 12.1. The Morgan fingerprint density at radius 2 is 2.18 bits per heavy atom. The fourth-order valence-corrected chi connectivity index (χ4v) is 1.77. The Kier molecular flexibility index (Phi) is 4.88. The number of carbonyl (C=O) groups is 2. The molecule has 0 saturated carbocycles. The summed E-state index contributed by atoms with van der Waals surface area (Å²) in [6.07, 6.45) is -0.739. The summed E-state index contributed by atoms with van der Waals surface area (Å²) in [7, 11) is 0. The van der Waals surface area contributed by atoms with Crippen LogP contribution < -0.4 is 5.32 Å². The van der Waals surface area contributed by atoms with E-state index in [0.717, 1.165) is 6.07 Å². The van der Waals surface area contributed by atoms with Crippen LogP contribution in [-0.4, -0.2) is 23.1 Å². The highest BCUT2D eigenvalue weighted by Crippen LogP contribution is 2.12. The highest BCUT2D eigenvalue weighted by atomic mass is 19.1. The molecule has 116 valence electrons. The zero-order valence-electron chi connectivity index (χ0n) is 12.1. The molecule has 1 heterocycles. The normalized spacial score (nSPS) is 11.8. The average Bonchev–Trinajstić information content (AvgIpc) is 2.89. The van der Waals surface area contributed by atoms with Crippen molar-refractivity contribution in [2.75, 3.05) is 5.32 Å². The molecule has 1 aromatic heterocycles. The molecule has 0 unspecified atom stereocenters. The number of nitrogens with one attached hydrogen (secondary N) is 1. The monoisotopic (exact) mass is 306 g/mol. The maximum Gasteiger partial charge on any atom is 0.339 e. The van der Waals surface area contributed by atoms with E-state index >= 15 is 0 Å². The molecule has 0 saturated heterocycles. The molecule has 1 atom stereocenters. The van der Waals surface area contributed by atoms with Gasteiger partial charge in [0.15, 0.2) is 11.9 Å². The number of anilines is 1. The fraction of sp³-hybridized carbons (Fsp3) is 0.267. The van der Waals surface area contributed by atoms with Gasteiger partial charge in [-0.2, -0.15) is 0 Å². The summed E-state index contributed by atoms with van der Waals surface area (Å²) >= 11 is 0. The Labute approximate surface area is 126 Å². The van der Waals surface area contributed by atoms with Crippen molar-refractivity contribution in [3.8, 4) is 0 Å². The number of benzene rings is 1. The van der Waals surface area contributed by atoms with Crippen molar-refractivity contribution in [3.05, 3.63) is 47.5 Å². The number of carbonyl (C=O) groups excluding carboxylic acids is 2. The highest BCUT2D eigenvalue weighted by Gasteiger charge is 2.23. The van der Waals surface area contributed by atoms with Gasteiger partial charge in [-0.25, -0.2) is 9.18 Å². The molecule has 0 aliphatic rings. The lowest BCUT2D eigenvalue weighted by Crippen LogP contribution is -2.32. The Bertz CT molecular complexity index is 684. The Hall–Kier alpha value is -2.70. The number of halogens is 1. The standard InChI is InChI=1S/C15H15FN2O4/c1-3-12(14(19)17-13-7-9(2)22-18-13)21-15(20)10-5-4-6-11(16)8-10/h4-8,12H,3H2,1-2H3,(H,17,18,19)/t12-/m1/s1. The SMILES string of the molecule is CC[C@@H](OC(=O)c1cccc(F)c1)C(=O)Nc1cc(C)on1. The van der Waals surface area contributed by atoms with E-state index in [4.69, 9.17) is 9.26 Å². The molecular weight excluding hydrogens is 291 g/mol. The van der Waals surface area contributed by atoms with Gasteiger partial charge in [0, 0.05) is 6.07 Å². The molecule has 0 fully saturated rings. The van der Waals surface area contributed by atoms with Gasteiger partial charge < -0.3 is 14.6 Å². The molecule has 1 N–H and O–H groups in total. The number of hydrogen-bond donors (Lipinski definition) is 1. The van der Waals surface area contributed by atoms with Crippen LogP contribution in [-0.2, 0) is 9.53 Å². The second-order valence-electron chi connectivity index (χ2n) is 4.62. The first-order chi connectivity index (χ1) is 10.5. The number of aromatic nitrogens is 1. The third-order valence-electron chi connectivity index (χ3n) is 2.85. The quantitative estimate of drug-likeness (QED) is 0.859. The van der Waals surface area contributed by atoms with Crippen LogP contribution in [0.5, 0.6) is 0 Å². The number of aryl methyl sites for hydroxylation is 1. The maximum absolute atomic E-state index is 13.1. The molecular formula is C15H15FN2O4. The Morgan fingerprint density at radius 3 is 2.77 bits per heavy atom. The molecule has 7 heteroatoms. The first kappa shape index (κ1) is 15.7. The minimum Gasteiger partial charge on any atom is -0.449 e. The van der Waals surface area contributed by atoms with E-state index in [1.165, 1.54) is 18.2 Å². The van der Waals surface area contributed by atoms with Gasteiger partial charge in [0.2, 0.25) is 0 Å². The predicted octanol–water partition coefficient (Wildman–Crippen LogP) is 2.70.